The van der Waals surface area contributed by atoms with Crippen molar-refractivity contribution in [3.63, 3.8) is 0 Å². The molecule has 98 valence electrons. The Morgan fingerprint density at radius 1 is 1.33 bits per heavy atom. The number of carbonyl (C=O) groups is 1. The zero-order valence-electron chi connectivity index (χ0n) is 11.7. The molecule has 0 spiro atoms. The third-order valence-electron chi connectivity index (χ3n) is 2.67. The van der Waals surface area contributed by atoms with Crippen molar-refractivity contribution >= 4 is 5.78 Å². The molecule has 0 aliphatic carbocycles. The lowest BCUT2D eigenvalue weighted by Crippen LogP contribution is -2.07. The van der Waals surface area contributed by atoms with E-state index in [2.05, 4.69) is 34.3 Å². The smallest absolute Gasteiger partial charge is 0.185 e. The van der Waals surface area contributed by atoms with Crippen molar-refractivity contribution in [2.45, 2.75) is 33.6 Å². The van der Waals surface area contributed by atoms with Crippen molar-refractivity contribution in [3.8, 4) is 5.75 Å². The number of rotatable bonds is 6. The summed E-state index contributed by atoms with van der Waals surface area (Å²) in [6, 6.07) is 5.59. The molecule has 0 saturated heterocycles. The largest absolute Gasteiger partial charge is 0.493 e. The molecular formula is C16H22O2. The molecule has 1 rings (SSSR count). The summed E-state index contributed by atoms with van der Waals surface area (Å²) in [5.41, 5.74) is 1.74. The molecule has 0 bridgehead atoms. The maximum atomic E-state index is 11.6. The van der Waals surface area contributed by atoms with Crippen LogP contribution in [-0.2, 0) is 0 Å². The van der Waals surface area contributed by atoms with Gasteiger partial charge >= 0.3 is 0 Å². The van der Waals surface area contributed by atoms with E-state index in [0.717, 1.165) is 11.3 Å². The summed E-state index contributed by atoms with van der Waals surface area (Å²) in [6.07, 6.45) is 1.34. The van der Waals surface area contributed by atoms with Gasteiger partial charge in [0.15, 0.2) is 5.78 Å². The van der Waals surface area contributed by atoms with Crippen LogP contribution in [0.3, 0.4) is 0 Å². The molecule has 0 N–H and O–H groups in total. The van der Waals surface area contributed by atoms with Gasteiger partial charge in [-0.3, -0.25) is 4.79 Å². The third-order valence-corrected chi connectivity index (χ3v) is 2.67. The van der Waals surface area contributed by atoms with Crippen LogP contribution in [-0.4, -0.2) is 12.4 Å². The summed E-state index contributed by atoms with van der Waals surface area (Å²) in [4.78, 5) is 11.6. The number of carbonyl (C=O) groups excluding carboxylic acids is 1. The average molecular weight is 246 g/mol. The van der Waals surface area contributed by atoms with Crippen LogP contribution in [0.15, 0.2) is 30.9 Å². The first kappa shape index (κ1) is 14.5. The van der Waals surface area contributed by atoms with E-state index in [9.17, 15) is 4.79 Å². The molecule has 1 aromatic rings. The first-order valence-electron chi connectivity index (χ1n) is 6.39. The zero-order valence-corrected chi connectivity index (χ0v) is 11.7. The molecule has 18 heavy (non-hydrogen) atoms. The minimum absolute atomic E-state index is 0.0488. The molecule has 2 heteroatoms. The molecule has 0 amide bonds. The van der Waals surface area contributed by atoms with Crippen LogP contribution in [0, 0.1) is 5.92 Å². The van der Waals surface area contributed by atoms with Crippen LogP contribution in [0.1, 0.15) is 49.5 Å². The van der Waals surface area contributed by atoms with Crippen LogP contribution < -0.4 is 4.74 Å². The molecular weight excluding hydrogens is 224 g/mol. The zero-order chi connectivity index (χ0) is 13.7. The van der Waals surface area contributed by atoms with Crippen LogP contribution in [0.25, 0.3) is 0 Å². The van der Waals surface area contributed by atoms with Gasteiger partial charge in [-0.1, -0.05) is 34.3 Å². The van der Waals surface area contributed by atoms with Crippen molar-refractivity contribution < 1.29 is 9.53 Å². The van der Waals surface area contributed by atoms with Crippen LogP contribution in [0.5, 0.6) is 5.75 Å². The number of ether oxygens (including phenoxy) is 1. The van der Waals surface area contributed by atoms with Gasteiger partial charge in [-0.15, -0.1) is 0 Å². The summed E-state index contributed by atoms with van der Waals surface area (Å²) in [6.45, 7) is 12.6. The van der Waals surface area contributed by atoms with Gasteiger partial charge in [-0.2, -0.15) is 0 Å². The summed E-state index contributed by atoms with van der Waals surface area (Å²) in [5.74, 6) is 1.64. The Morgan fingerprint density at radius 3 is 2.50 bits per heavy atom. The molecule has 0 heterocycles. The lowest BCUT2D eigenvalue weighted by atomic mass is 9.98. The first-order valence-corrected chi connectivity index (χ1v) is 6.39. The Kier molecular flexibility index (Phi) is 5.14. The van der Waals surface area contributed by atoms with Gasteiger partial charge < -0.3 is 4.74 Å². The van der Waals surface area contributed by atoms with Gasteiger partial charge in [0.1, 0.15) is 5.75 Å². The highest BCUT2D eigenvalue weighted by molar-refractivity contribution is 6.04. The standard InChI is InChI=1S/C16H22O2/c1-6-15(17)13-7-8-16(18-10-11(2)3)14(9-13)12(4)5/h6-9,11-12H,1,10H2,2-5H3. The second-order valence-electron chi connectivity index (χ2n) is 5.18. The maximum Gasteiger partial charge on any atom is 0.185 e. The Labute approximate surface area is 110 Å². The summed E-state index contributed by atoms with van der Waals surface area (Å²) >= 11 is 0. The summed E-state index contributed by atoms with van der Waals surface area (Å²) < 4.78 is 5.79. The minimum Gasteiger partial charge on any atom is -0.493 e. The van der Waals surface area contributed by atoms with Gasteiger partial charge in [0.25, 0.3) is 0 Å². The SMILES string of the molecule is C=CC(=O)c1ccc(OCC(C)C)c(C(C)C)c1. The van der Waals surface area contributed by atoms with Gasteiger partial charge in [-0.25, -0.2) is 0 Å². The van der Waals surface area contributed by atoms with Gasteiger partial charge in [0.05, 0.1) is 6.61 Å². The van der Waals surface area contributed by atoms with Gasteiger partial charge in [0, 0.05) is 5.56 Å². The lowest BCUT2D eigenvalue weighted by Gasteiger charge is -2.16. The molecule has 1 aromatic carbocycles. The number of allylic oxidation sites excluding steroid dienone is 1. The fourth-order valence-corrected chi connectivity index (χ4v) is 1.66. The van der Waals surface area contributed by atoms with Crippen molar-refractivity contribution in [1.29, 1.82) is 0 Å². The van der Waals surface area contributed by atoms with E-state index in [0.29, 0.717) is 24.0 Å². The molecule has 0 aromatic heterocycles. The number of benzene rings is 1. The van der Waals surface area contributed by atoms with E-state index in [4.69, 9.17) is 4.74 Å². The van der Waals surface area contributed by atoms with E-state index >= 15 is 0 Å². The maximum absolute atomic E-state index is 11.6. The van der Waals surface area contributed by atoms with E-state index in [-0.39, 0.29) is 5.78 Å². The van der Waals surface area contributed by atoms with Crippen molar-refractivity contribution in [1.82, 2.24) is 0 Å². The van der Waals surface area contributed by atoms with Crippen LogP contribution in [0.2, 0.25) is 0 Å². The molecule has 0 aliphatic heterocycles. The van der Waals surface area contributed by atoms with Crippen molar-refractivity contribution in [3.05, 3.63) is 42.0 Å². The molecule has 0 fully saturated rings. The lowest BCUT2D eigenvalue weighted by molar-refractivity contribution is 0.104. The molecule has 2 nitrogen and oxygen atoms in total. The van der Waals surface area contributed by atoms with E-state index in [1.165, 1.54) is 6.08 Å². The number of hydrogen-bond acceptors (Lipinski definition) is 2. The Hall–Kier alpha value is -1.57. The quantitative estimate of drug-likeness (QED) is 0.555. The molecule has 0 saturated carbocycles. The predicted molar refractivity (Wildman–Crippen MR) is 75.4 cm³/mol. The topological polar surface area (TPSA) is 26.3 Å². The normalized spacial score (nSPS) is 10.8. The Balaban J connectivity index is 3.04. The molecule has 0 unspecified atom stereocenters. The van der Waals surface area contributed by atoms with Gasteiger partial charge in [0.2, 0.25) is 0 Å². The molecule has 0 radical (unpaired) electrons. The molecule has 0 aliphatic rings. The minimum atomic E-state index is -0.0488. The predicted octanol–water partition coefficient (Wildman–Crippen LogP) is 4.21. The summed E-state index contributed by atoms with van der Waals surface area (Å²) in [7, 11) is 0. The average Bonchev–Trinajstić information content (AvgIpc) is 2.34. The second-order valence-corrected chi connectivity index (χ2v) is 5.18. The third kappa shape index (κ3) is 3.73. The van der Waals surface area contributed by atoms with Crippen molar-refractivity contribution in [2.24, 2.45) is 5.92 Å². The highest BCUT2D eigenvalue weighted by Crippen LogP contribution is 2.28. The first-order chi connectivity index (χ1) is 8.45. The van der Waals surface area contributed by atoms with E-state index in [1.807, 2.05) is 12.1 Å². The number of ketones is 1. The second kappa shape index (κ2) is 6.39. The highest BCUT2D eigenvalue weighted by Gasteiger charge is 2.12. The monoisotopic (exact) mass is 246 g/mol. The Morgan fingerprint density at radius 2 is 2.00 bits per heavy atom. The van der Waals surface area contributed by atoms with Crippen LogP contribution in [0.4, 0.5) is 0 Å². The summed E-state index contributed by atoms with van der Waals surface area (Å²) in [5, 5.41) is 0. The van der Waals surface area contributed by atoms with E-state index < -0.39 is 0 Å². The fraction of sp³-hybridized carbons (Fsp3) is 0.438. The number of hydrogen-bond donors (Lipinski definition) is 0. The fourth-order valence-electron chi connectivity index (χ4n) is 1.66. The van der Waals surface area contributed by atoms with E-state index in [1.54, 1.807) is 6.07 Å². The molecule has 0 atom stereocenters. The van der Waals surface area contributed by atoms with Crippen molar-refractivity contribution in [2.75, 3.05) is 6.61 Å². The Bertz CT molecular complexity index is 431. The van der Waals surface area contributed by atoms with Crippen LogP contribution >= 0.6 is 0 Å². The highest BCUT2D eigenvalue weighted by atomic mass is 16.5. The van der Waals surface area contributed by atoms with Gasteiger partial charge in [-0.05, 0) is 41.7 Å².